The van der Waals surface area contributed by atoms with Gasteiger partial charge in [-0.05, 0) is 55.9 Å². The van der Waals surface area contributed by atoms with Crippen LogP contribution in [0.25, 0.3) is 5.53 Å². The normalized spacial score (nSPS) is 32.2. The van der Waals surface area contributed by atoms with Gasteiger partial charge in [0.1, 0.15) is 0 Å². The van der Waals surface area contributed by atoms with Gasteiger partial charge in [-0.3, -0.25) is 4.79 Å². The van der Waals surface area contributed by atoms with Gasteiger partial charge in [0, 0.05) is 0 Å². The molecule has 0 saturated heterocycles. The predicted molar refractivity (Wildman–Crippen MR) is 77.5 cm³/mol. The molecule has 0 spiro atoms. The third-order valence-corrected chi connectivity index (χ3v) is 5.48. The number of hydrogen-bond donors (Lipinski definition) is 0. The smallest absolute Gasteiger partial charge is 0.337 e. The Morgan fingerprint density at radius 1 is 1.15 bits per heavy atom. The topological polar surface area (TPSA) is 53.5 Å². The number of benzene rings is 1. The van der Waals surface area contributed by atoms with Crippen molar-refractivity contribution in [3.05, 3.63) is 41.4 Å². The lowest BCUT2D eigenvalue weighted by molar-refractivity contribution is -0.108. The SMILES string of the molecule is [N-]=[N+]=C(C=O)C12CCC(CC1)C(c1ccccc1)CC2. The molecule has 0 amide bonds. The Bertz CT molecular complexity index is 537. The fourth-order valence-corrected chi connectivity index (χ4v) is 4.29. The maximum Gasteiger partial charge on any atom is 0.337 e. The third-order valence-electron chi connectivity index (χ3n) is 5.48. The maximum absolute atomic E-state index is 11.2. The molecule has 0 aliphatic heterocycles. The van der Waals surface area contributed by atoms with Crippen molar-refractivity contribution < 1.29 is 9.58 Å². The van der Waals surface area contributed by atoms with E-state index in [1.807, 2.05) is 0 Å². The first-order chi connectivity index (χ1) is 9.79. The van der Waals surface area contributed by atoms with Crippen LogP contribution in [-0.4, -0.2) is 16.8 Å². The second-order valence-corrected chi connectivity index (χ2v) is 6.28. The van der Waals surface area contributed by atoms with E-state index in [0.29, 0.717) is 17.5 Å². The van der Waals surface area contributed by atoms with E-state index >= 15 is 0 Å². The molecule has 1 atom stereocenters. The van der Waals surface area contributed by atoms with Crippen LogP contribution in [0.15, 0.2) is 30.3 Å². The predicted octanol–water partition coefficient (Wildman–Crippen LogP) is 3.61. The molecule has 20 heavy (non-hydrogen) atoms. The molecule has 1 unspecified atom stereocenters. The van der Waals surface area contributed by atoms with Crippen LogP contribution in [-0.2, 0) is 4.79 Å². The summed E-state index contributed by atoms with van der Waals surface area (Å²) < 4.78 is 0. The van der Waals surface area contributed by atoms with Crippen LogP contribution in [0.2, 0.25) is 0 Å². The van der Waals surface area contributed by atoms with E-state index in [1.165, 1.54) is 5.56 Å². The Labute approximate surface area is 119 Å². The highest BCUT2D eigenvalue weighted by Gasteiger charge is 2.49. The summed E-state index contributed by atoms with van der Waals surface area (Å²) in [4.78, 5) is 14.5. The van der Waals surface area contributed by atoms with Crippen LogP contribution in [0.3, 0.4) is 0 Å². The van der Waals surface area contributed by atoms with Gasteiger partial charge in [0.05, 0.1) is 5.41 Å². The van der Waals surface area contributed by atoms with E-state index in [2.05, 4.69) is 35.1 Å². The Hall–Kier alpha value is -1.73. The number of rotatable bonds is 3. The maximum atomic E-state index is 11.2. The van der Waals surface area contributed by atoms with Gasteiger partial charge in [-0.25, -0.2) is 0 Å². The Kier molecular flexibility index (Phi) is 3.54. The van der Waals surface area contributed by atoms with E-state index in [4.69, 9.17) is 5.53 Å². The van der Waals surface area contributed by atoms with Gasteiger partial charge in [0.25, 0.3) is 0 Å². The second-order valence-electron chi connectivity index (χ2n) is 6.28. The van der Waals surface area contributed by atoms with Crippen LogP contribution in [0, 0.1) is 11.3 Å². The first kappa shape index (κ1) is 13.3. The van der Waals surface area contributed by atoms with Crippen molar-refractivity contribution in [3.8, 4) is 0 Å². The Balaban J connectivity index is 1.90. The fraction of sp³-hybridized carbons (Fsp3) is 0.529. The van der Waals surface area contributed by atoms with Crippen molar-refractivity contribution in [2.75, 3.05) is 0 Å². The molecule has 3 saturated carbocycles. The van der Waals surface area contributed by atoms with E-state index in [1.54, 1.807) is 0 Å². The van der Waals surface area contributed by atoms with Crippen molar-refractivity contribution in [2.45, 2.75) is 44.4 Å². The van der Waals surface area contributed by atoms with Gasteiger partial charge >= 0.3 is 5.71 Å². The zero-order chi connectivity index (χ0) is 14.0. The molecule has 0 heterocycles. The van der Waals surface area contributed by atoms with Gasteiger partial charge in [0.2, 0.25) is 6.29 Å². The summed E-state index contributed by atoms with van der Waals surface area (Å²) in [5, 5.41) is 0. The number of fused-ring (bicyclic) bond motifs is 4. The summed E-state index contributed by atoms with van der Waals surface area (Å²) >= 11 is 0. The molecule has 3 nitrogen and oxygen atoms in total. The first-order valence-electron chi connectivity index (χ1n) is 7.52. The molecule has 0 N–H and O–H groups in total. The summed E-state index contributed by atoms with van der Waals surface area (Å²) in [7, 11) is 0. The summed E-state index contributed by atoms with van der Waals surface area (Å²) in [5.41, 5.74) is 10.7. The highest BCUT2D eigenvalue weighted by molar-refractivity contribution is 6.27. The lowest BCUT2D eigenvalue weighted by Crippen LogP contribution is -2.35. The molecule has 4 rings (SSSR count). The van der Waals surface area contributed by atoms with Gasteiger partial charge in [-0.2, -0.15) is 4.79 Å². The highest BCUT2D eigenvalue weighted by Crippen LogP contribution is 2.53. The fourth-order valence-electron chi connectivity index (χ4n) is 4.29. The lowest BCUT2D eigenvalue weighted by Gasteiger charge is -2.32. The number of aldehydes is 1. The Morgan fingerprint density at radius 3 is 2.40 bits per heavy atom. The van der Waals surface area contributed by atoms with Crippen molar-refractivity contribution in [2.24, 2.45) is 11.3 Å². The number of carbonyl (C=O) groups is 1. The number of hydrogen-bond acceptors (Lipinski definition) is 1. The molecular formula is C17H20N2O. The van der Waals surface area contributed by atoms with E-state index in [0.717, 1.165) is 44.8 Å². The quantitative estimate of drug-likeness (QED) is 0.357. The third kappa shape index (κ3) is 2.12. The first-order valence-corrected chi connectivity index (χ1v) is 7.52. The van der Waals surface area contributed by atoms with Crippen molar-refractivity contribution in [1.29, 1.82) is 0 Å². The van der Waals surface area contributed by atoms with Gasteiger partial charge < -0.3 is 5.53 Å². The minimum Gasteiger partial charge on any atom is -0.361 e. The monoisotopic (exact) mass is 268 g/mol. The van der Waals surface area contributed by atoms with Gasteiger partial charge in [-0.1, -0.05) is 30.3 Å². The highest BCUT2D eigenvalue weighted by atomic mass is 16.1. The minimum absolute atomic E-state index is 0.170. The molecule has 104 valence electrons. The molecule has 3 heteroatoms. The summed E-state index contributed by atoms with van der Waals surface area (Å²) in [6, 6.07) is 10.7. The summed E-state index contributed by atoms with van der Waals surface area (Å²) in [6.45, 7) is 0. The molecule has 1 aromatic rings. The Morgan fingerprint density at radius 2 is 1.80 bits per heavy atom. The molecule has 0 radical (unpaired) electrons. The molecule has 0 aromatic heterocycles. The molecule has 3 aliphatic rings. The lowest BCUT2D eigenvalue weighted by atomic mass is 9.68. The van der Waals surface area contributed by atoms with E-state index in [-0.39, 0.29) is 5.41 Å². The van der Waals surface area contributed by atoms with Crippen LogP contribution < -0.4 is 0 Å². The molecule has 3 fully saturated rings. The number of carbonyl (C=O) groups excluding carboxylic acids is 1. The standard InChI is InChI=1S/C17H20N2O/c18-19-16(12-20)17-9-6-14(7-10-17)15(8-11-17)13-4-2-1-3-5-13/h1-5,12,14-15H,6-11H2. The summed E-state index contributed by atoms with van der Waals surface area (Å²) in [6.07, 6.45) is 7.03. The van der Waals surface area contributed by atoms with Gasteiger partial charge in [0.15, 0.2) is 0 Å². The summed E-state index contributed by atoms with van der Waals surface area (Å²) in [5.74, 6) is 1.30. The van der Waals surface area contributed by atoms with E-state index in [9.17, 15) is 4.79 Å². The average molecular weight is 268 g/mol. The van der Waals surface area contributed by atoms with Crippen molar-refractivity contribution in [1.82, 2.24) is 0 Å². The van der Waals surface area contributed by atoms with Crippen LogP contribution in [0.1, 0.15) is 50.0 Å². The zero-order valence-electron chi connectivity index (χ0n) is 11.7. The van der Waals surface area contributed by atoms with Crippen LogP contribution in [0.5, 0.6) is 0 Å². The number of nitrogens with zero attached hydrogens (tertiary/aromatic N) is 2. The van der Waals surface area contributed by atoms with Crippen LogP contribution in [0.4, 0.5) is 0 Å². The second kappa shape index (κ2) is 5.34. The van der Waals surface area contributed by atoms with E-state index < -0.39 is 0 Å². The molecule has 3 aliphatic carbocycles. The molecular weight excluding hydrogens is 248 g/mol. The largest absolute Gasteiger partial charge is 0.361 e. The molecule has 1 aromatic carbocycles. The average Bonchev–Trinajstić information content (AvgIpc) is 2.80. The molecule has 2 bridgehead atoms. The minimum atomic E-state index is -0.170. The zero-order valence-corrected chi connectivity index (χ0v) is 11.7. The van der Waals surface area contributed by atoms with Crippen LogP contribution >= 0.6 is 0 Å². The van der Waals surface area contributed by atoms with Crippen molar-refractivity contribution in [3.63, 3.8) is 0 Å². The van der Waals surface area contributed by atoms with Gasteiger partial charge in [-0.15, -0.1) is 0 Å². The van der Waals surface area contributed by atoms with Crippen molar-refractivity contribution >= 4 is 12.0 Å².